The molecule has 3 nitrogen and oxygen atoms in total. The number of hydrogen-bond donors (Lipinski definition) is 1. The first-order valence-corrected chi connectivity index (χ1v) is 11.3. The van der Waals surface area contributed by atoms with Crippen LogP contribution in [0, 0.1) is 6.92 Å². The highest BCUT2D eigenvalue weighted by Crippen LogP contribution is 2.33. The largest absolute Gasteiger partial charge is 0.321 e. The Kier molecular flexibility index (Phi) is 6.16. The van der Waals surface area contributed by atoms with E-state index in [1.807, 2.05) is 43.3 Å². The Morgan fingerprint density at radius 2 is 1.70 bits per heavy atom. The smallest absolute Gasteiger partial charge is 0.256 e. The van der Waals surface area contributed by atoms with Gasteiger partial charge in [0.1, 0.15) is 0 Å². The summed E-state index contributed by atoms with van der Waals surface area (Å²) in [4.78, 5) is 18.1. The van der Waals surface area contributed by atoms with Gasteiger partial charge in [0.2, 0.25) is 0 Å². The minimum absolute atomic E-state index is 0.289. The van der Waals surface area contributed by atoms with Crippen LogP contribution in [-0.4, -0.2) is 10.9 Å². The van der Waals surface area contributed by atoms with Gasteiger partial charge in [-0.05, 0) is 55.0 Å². The lowest BCUT2D eigenvalue weighted by molar-refractivity contribution is 0.102. The maximum absolute atomic E-state index is 13.3. The maximum atomic E-state index is 13.3. The lowest BCUT2D eigenvalue weighted by atomic mass is 10.0. The fourth-order valence-corrected chi connectivity index (χ4v) is 4.39. The van der Waals surface area contributed by atoms with E-state index in [-0.39, 0.29) is 5.91 Å². The topological polar surface area (TPSA) is 42.0 Å². The lowest BCUT2D eigenvalue weighted by Gasteiger charge is -2.13. The van der Waals surface area contributed by atoms with Gasteiger partial charge in [0, 0.05) is 19.9 Å². The number of carbonyl (C=O) groups excluding carboxylic acids is 1. The molecule has 1 aromatic heterocycles. The van der Waals surface area contributed by atoms with Gasteiger partial charge in [0.25, 0.3) is 5.91 Å². The summed E-state index contributed by atoms with van der Waals surface area (Å²) in [5, 5.41) is 4.31. The van der Waals surface area contributed by atoms with Crippen molar-refractivity contribution in [1.29, 1.82) is 0 Å². The van der Waals surface area contributed by atoms with Crippen molar-refractivity contribution in [3.05, 3.63) is 90.8 Å². The zero-order chi connectivity index (χ0) is 21.4. The number of halogens is 4. The van der Waals surface area contributed by atoms with Crippen molar-refractivity contribution in [2.24, 2.45) is 0 Å². The number of rotatable bonds is 3. The average Bonchev–Trinajstić information content (AvgIpc) is 2.71. The predicted octanol–water partition coefficient (Wildman–Crippen LogP) is 8.29. The highest BCUT2D eigenvalue weighted by Gasteiger charge is 2.17. The van der Waals surface area contributed by atoms with Gasteiger partial charge < -0.3 is 5.32 Å². The first kappa shape index (κ1) is 21.3. The van der Waals surface area contributed by atoms with E-state index >= 15 is 0 Å². The highest BCUT2D eigenvalue weighted by molar-refractivity contribution is 9.10. The number of fused-ring (bicyclic) bond motifs is 1. The molecule has 1 N–H and O–H groups in total. The van der Waals surface area contributed by atoms with Crippen LogP contribution in [0.3, 0.4) is 0 Å². The SMILES string of the molecule is Cc1cc(Br)cc2c(C(=O)Nc3cccc(Cl)c3Cl)cc(-c3ccc(Br)cc3)nc12. The van der Waals surface area contributed by atoms with Crippen LogP contribution >= 0.6 is 55.1 Å². The van der Waals surface area contributed by atoms with Gasteiger partial charge in [-0.15, -0.1) is 0 Å². The fourth-order valence-electron chi connectivity index (χ4n) is 3.20. The Labute approximate surface area is 200 Å². The fraction of sp³-hybridized carbons (Fsp3) is 0.0435. The van der Waals surface area contributed by atoms with Crippen LogP contribution in [-0.2, 0) is 0 Å². The average molecular weight is 565 g/mol. The van der Waals surface area contributed by atoms with Crippen molar-refractivity contribution in [3.63, 3.8) is 0 Å². The van der Waals surface area contributed by atoms with Crippen molar-refractivity contribution < 1.29 is 4.79 Å². The van der Waals surface area contributed by atoms with Gasteiger partial charge in [-0.25, -0.2) is 4.98 Å². The first-order chi connectivity index (χ1) is 14.3. The number of aryl methyl sites for hydroxylation is 1. The number of amides is 1. The third-order valence-corrected chi connectivity index (χ3v) is 6.46. The monoisotopic (exact) mass is 562 g/mol. The number of anilines is 1. The predicted molar refractivity (Wildman–Crippen MR) is 132 cm³/mol. The van der Waals surface area contributed by atoms with Gasteiger partial charge in [-0.1, -0.05) is 73.3 Å². The van der Waals surface area contributed by atoms with Crippen LogP contribution in [0.25, 0.3) is 22.2 Å². The van der Waals surface area contributed by atoms with Crippen LogP contribution in [0.2, 0.25) is 10.0 Å². The zero-order valence-corrected chi connectivity index (χ0v) is 20.3. The van der Waals surface area contributed by atoms with E-state index in [1.54, 1.807) is 24.3 Å². The molecule has 7 heteroatoms. The molecule has 0 unspecified atom stereocenters. The summed E-state index contributed by atoms with van der Waals surface area (Å²) in [6.45, 7) is 1.97. The Bertz CT molecular complexity index is 1290. The lowest BCUT2D eigenvalue weighted by Crippen LogP contribution is -2.13. The standard InChI is InChI=1S/C23H14Br2Cl2N2O/c1-12-9-15(25)10-16-17(23(30)29-19-4-2-3-18(26)21(19)27)11-20(28-22(12)16)13-5-7-14(24)8-6-13/h2-11H,1H3,(H,29,30). The van der Waals surface area contributed by atoms with E-state index in [2.05, 4.69) is 37.2 Å². The summed E-state index contributed by atoms with van der Waals surface area (Å²) < 4.78 is 1.85. The minimum atomic E-state index is -0.289. The van der Waals surface area contributed by atoms with E-state index in [0.717, 1.165) is 31.0 Å². The summed E-state index contributed by atoms with van der Waals surface area (Å²) in [7, 11) is 0. The Balaban J connectivity index is 1.89. The third kappa shape index (κ3) is 4.26. The van der Waals surface area contributed by atoms with E-state index in [4.69, 9.17) is 28.2 Å². The molecule has 4 rings (SSSR count). The zero-order valence-electron chi connectivity index (χ0n) is 15.6. The van der Waals surface area contributed by atoms with Crippen LogP contribution < -0.4 is 5.32 Å². The van der Waals surface area contributed by atoms with Crippen molar-refractivity contribution in [2.45, 2.75) is 6.92 Å². The second-order valence-corrected chi connectivity index (χ2v) is 9.35. The van der Waals surface area contributed by atoms with Crippen LogP contribution in [0.1, 0.15) is 15.9 Å². The molecule has 150 valence electrons. The highest BCUT2D eigenvalue weighted by atomic mass is 79.9. The molecule has 0 saturated heterocycles. The number of nitrogens with one attached hydrogen (secondary N) is 1. The van der Waals surface area contributed by atoms with Crippen molar-refractivity contribution in [2.75, 3.05) is 5.32 Å². The van der Waals surface area contributed by atoms with Crippen molar-refractivity contribution >= 4 is 77.6 Å². The second kappa shape index (κ2) is 8.67. The van der Waals surface area contributed by atoms with Crippen molar-refractivity contribution in [3.8, 4) is 11.3 Å². The quantitative estimate of drug-likeness (QED) is 0.272. The molecule has 0 radical (unpaired) electrons. The summed E-state index contributed by atoms with van der Waals surface area (Å²) in [6.07, 6.45) is 0. The molecule has 3 aromatic carbocycles. The van der Waals surface area contributed by atoms with E-state index in [1.165, 1.54) is 0 Å². The molecule has 30 heavy (non-hydrogen) atoms. The Morgan fingerprint density at radius 3 is 2.43 bits per heavy atom. The van der Waals surface area contributed by atoms with Gasteiger partial charge in [-0.3, -0.25) is 4.79 Å². The Morgan fingerprint density at radius 1 is 0.967 bits per heavy atom. The molecule has 0 aliphatic rings. The molecule has 0 atom stereocenters. The van der Waals surface area contributed by atoms with Gasteiger partial charge in [0.15, 0.2) is 0 Å². The molecular formula is C23H14Br2Cl2N2O. The molecule has 0 spiro atoms. The van der Waals surface area contributed by atoms with Gasteiger partial charge in [0.05, 0.1) is 32.5 Å². The number of pyridine rings is 1. The normalized spacial score (nSPS) is 11.0. The molecule has 4 aromatic rings. The number of aromatic nitrogens is 1. The molecule has 0 fully saturated rings. The van der Waals surface area contributed by atoms with Gasteiger partial charge in [-0.2, -0.15) is 0 Å². The van der Waals surface area contributed by atoms with Crippen LogP contribution in [0.15, 0.2) is 69.6 Å². The molecule has 1 heterocycles. The number of carbonyl (C=O) groups is 1. The number of benzene rings is 3. The van der Waals surface area contributed by atoms with E-state index < -0.39 is 0 Å². The molecule has 0 aliphatic heterocycles. The summed E-state index contributed by atoms with van der Waals surface area (Å²) in [5.41, 5.74) is 4.31. The van der Waals surface area contributed by atoms with Crippen LogP contribution in [0.4, 0.5) is 5.69 Å². The second-order valence-electron chi connectivity index (χ2n) is 6.74. The van der Waals surface area contributed by atoms with Crippen molar-refractivity contribution in [1.82, 2.24) is 4.98 Å². The molecule has 0 bridgehead atoms. The van der Waals surface area contributed by atoms with Crippen LogP contribution in [0.5, 0.6) is 0 Å². The summed E-state index contributed by atoms with van der Waals surface area (Å²) >= 11 is 19.3. The number of hydrogen-bond acceptors (Lipinski definition) is 2. The molecule has 0 saturated carbocycles. The van der Waals surface area contributed by atoms with Gasteiger partial charge >= 0.3 is 0 Å². The third-order valence-electron chi connectivity index (χ3n) is 4.65. The summed E-state index contributed by atoms with van der Waals surface area (Å²) in [5.74, 6) is -0.289. The molecular weight excluding hydrogens is 551 g/mol. The number of nitrogens with zero attached hydrogens (tertiary/aromatic N) is 1. The molecule has 0 aliphatic carbocycles. The van der Waals surface area contributed by atoms with E-state index in [0.29, 0.717) is 27.0 Å². The summed E-state index contributed by atoms with van der Waals surface area (Å²) in [6, 6.07) is 18.6. The first-order valence-electron chi connectivity index (χ1n) is 8.95. The Hall–Kier alpha value is -1.92. The minimum Gasteiger partial charge on any atom is -0.321 e. The molecule has 1 amide bonds. The van der Waals surface area contributed by atoms with E-state index in [9.17, 15) is 4.79 Å². The maximum Gasteiger partial charge on any atom is 0.256 e.